The van der Waals surface area contributed by atoms with E-state index in [-0.39, 0.29) is 17.9 Å². The van der Waals surface area contributed by atoms with Crippen LogP contribution in [0.15, 0.2) is 83.3 Å². The number of benzene rings is 3. The predicted molar refractivity (Wildman–Crippen MR) is 158 cm³/mol. The van der Waals surface area contributed by atoms with Gasteiger partial charge in [0, 0.05) is 29.9 Å². The van der Waals surface area contributed by atoms with Crippen LogP contribution in [0.5, 0.6) is 0 Å². The molecule has 200 valence electrons. The summed E-state index contributed by atoms with van der Waals surface area (Å²) in [5.74, 6) is 0.425. The van der Waals surface area contributed by atoms with E-state index in [0.29, 0.717) is 31.7 Å². The van der Waals surface area contributed by atoms with Gasteiger partial charge in [-0.25, -0.2) is 0 Å². The molecule has 0 spiro atoms. The molecule has 0 heterocycles. The second-order valence-electron chi connectivity index (χ2n) is 10.7. The first-order valence-corrected chi connectivity index (χ1v) is 14.7. The van der Waals surface area contributed by atoms with Crippen LogP contribution in [0.1, 0.15) is 74.1 Å². The second kappa shape index (κ2) is 13.7. The zero-order valence-electron chi connectivity index (χ0n) is 22.5. The van der Waals surface area contributed by atoms with E-state index in [1.165, 1.54) is 5.56 Å². The fourth-order valence-corrected chi connectivity index (χ4v) is 5.66. The third-order valence-corrected chi connectivity index (χ3v) is 7.98. The molecule has 0 saturated heterocycles. The first kappa shape index (κ1) is 28.1. The van der Waals surface area contributed by atoms with Crippen molar-refractivity contribution in [3.63, 3.8) is 0 Å². The van der Waals surface area contributed by atoms with E-state index in [2.05, 4.69) is 59.4 Å². The van der Waals surface area contributed by atoms with E-state index in [1.807, 2.05) is 59.5 Å². The van der Waals surface area contributed by atoms with Crippen molar-refractivity contribution in [1.29, 1.82) is 0 Å². The minimum Gasteiger partial charge on any atom is -0.352 e. The van der Waals surface area contributed by atoms with Gasteiger partial charge in [-0.05, 0) is 59.6 Å². The fourth-order valence-electron chi connectivity index (χ4n) is 5.22. The molecule has 5 heteroatoms. The minimum atomic E-state index is -0.576. The number of aryl methyl sites for hydroxylation is 1. The standard InChI is InChI=1S/C33H39BrN2O2/c1-24(2)28-18-15-25(16-19-28)17-20-32(37)36(23-27-11-8-12-29(34)21-27)31(22-26-9-4-3-5-10-26)33(38)35-30-13-6-7-14-30/h3-5,8-12,15-16,18-19,21,24,30-31H,6-7,13-14,17,20,22-23H2,1-2H3,(H,35,38). The summed E-state index contributed by atoms with van der Waals surface area (Å²) in [6, 6.07) is 26.2. The summed E-state index contributed by atoms with van der Waals surface area (Å²) in [5, 5.41) is 3.28. The van der Waals surface area contributed by atoms with Gasteiger partial charge in [0.15, 0.2) is 0 Å². The number of carbonyl (C=O) groups is 2. The smallest absolute Gasteiger partial charge is 0.243 e. The van der Waals surface area contributed by atoms with Gasteiger partial charge in [0.05, 0.1) is 0 Å². The Labute approximate surface area is 236 Å². The van der Waals surface area contributed by atoms with E-state index in [0.717, 1.165) is 46.8 Å². The number of nitrogens with zero attached hydrogens (tertiary/aromatic N) is 1. The van der Waals surface area contributed by atoms with Crippen molar-refractivity contribution in [3.05, 3.63) is 106 Å². The first-order chi connectivity index (χ1) is 18.4. The van der Waals surface area contributed by atoms with E-state index in [4.69, 9.17) is 0 Å². The highest BCUT2D eigenvalue weighted by molar-refractivity contribution is 9.10. The number of amides is 2. The van der Waals surface area contributed by atoms with Crippen molar-refractivity contribution < 1.29 is 9.59 Å². The molecule has 1 fully saturated rings. The summed E-state index contributed by atoms with van der Waals surface area (Å²) in [5.41, 5.74) is 4.49. The van der Waals surface area contributed by atoms with Crippen LogP contribution in [-0.4, -0.2) is 28.8 Å². The van der Waals surface area contributed by atoms with Crippen molar-refractivity contribution >= 4 is 27.7 Å². The zero-order chi connectivity index (χ0) is 26.9. The quantitative estimate of drug-likeness (QED) is 0.263. The maximum atomic E-state index is 13.9. The van der Waals surface area contributed by atoms with Crippen LogP contribution in [0.4, 0.5) is 0 Å². The van der Waals surface area contributed by atoms with Crippen molar-refractivity contribution in [2.45, 2.75) is 83.3 Å². The predicted octanol–water partition coefficient (Wildman–Crippen LogP) is 7.20. The Kier molecular flexibility index (Phi) is 10.2. The van der Waals surface area contributed by atoms with Gasteiger partial charge in [0.2, 0.25) is 11.8 Å². The number of nitrogens with one attached hydrogen (secondary N) is 1. The van der Waals surface area contributed by atoms with Gasteiger partial charge < -0.3 is 10.2 Å². The second-order valence-corrected chi connectivity index (χ2v) is 11.7. The van der Waals surface area contributed by atoms with Crippen LogP contribution < -0.4 is 5.32 Å². The maximum absolute atomic E-state index is 13.9. The highest BCUT2D eigenvalue weighted by Gasteiger charge is 2.32. The average Bonchev–Trinajstić information content (AvgIpc) is 3.43. The minimum absolute atomic E-state index is 0.000384. The summed E-state index contributed by atoms with van der Waals surface area (Å²) >= 11 is 3.56. The van der Waals surface area contributed by atoms with E-state index < -0.39 is 6.04 Å². The third-order valence-electron chi connectivity index (χ3n) is 7.49. The van der Waals surface area contributed by atoms with Gasteiger partial charge in [-0.1, -0.05) is 109 Å². The van der Waals surface area contributed by atoms with Gasteiger partial charge >= 0.3 is 0 Å². The molecular weight excluding hydrogens is 536 g/mol. The summed E-state index contributed by atoms with van der Waals surface area (Å²) in [6.45, 7) is 4.75. The maximum Gasteiger partial charge on any atom is 0.243 e. The Balaban J connectivity index is 1.59. The monoisotopic (exact) mass is 574 g/mol. The normalized spacial score (nSPS) is 14.4. The molecule has 38 heavy (non-hydrogen) atoms. The van der Waals surface area contributed by atoms with Crippen molar-refractivity contribution in [2.24, 2.45) is 0 Å². The van der Waals surface area contributed by atoms with Crippen LogP contribution in [-0.2, 0) is 29.0 Å². The number of hydrogen-bond donors (Lipinski definition) is 1. The number of rotatable bonds is 11. The molecule has 0 radical (unpaired) electrons. The van der Waals surface area contributed by atoms with Crippen LogP contribution >= 0.6 is 15.9 Å². The van der Waals surface area contributed by atoms with Crippen molar-refractivity contribution in [2.75, 3.05) is 0 Å². The Hall–Kier alpha value is -2.92. The molecule has 1 N–H and O–H groups in total. The molecule has 3 aromatic carbocycles. The Bertz CT molecular complexity index is 1190. The molecule has 1 aliphatic carbocycles. The van der Waals surface area contributed by atoms with Gasteiger partial charge in [0.1, 0.15) is 6.04 Å². The topological polar surface area (TPSA) is 49.4 Å². The van der Waals surface area contributed by atoms with Crippen molar-refractivity contribution in [1.82, 2.24) is 10.2 Å². The van der Waals surface area contributed by atoms with Gasteiger partial charge in [-0.15, -0.1) is 0 Å². The molecule has 0 bridgehead atoms. The molecule has 2 amide bonds. The van der Waals surface area contributed by atoms with E-state index in [9.17, 15) is 9.59 Å². The highest BCUT2D eigenvalue weighted by atomic mass is 79.9. The molecule has 0 aromatic heterocycles. The van der Waals surface area contributed by atoms with E-state index >= 15 is 0 Å². The first-order valence-electron chi connectivity index (χ1n) is 13.9. The molecule has 4 nitrogen and oxygen atoms in total. The molecule has 3 aromatic rings. The molecule has 1 aliphatic rings. The molecule has 0 aliphatic heterocycles. The Morgan fingerprint density at radius 3 is 2.24 bits per heavy atom. The highest BCUT2D eigenvalue weighted by Crippen LogP contribution is 2.22. The van der Waals surface area contributed by atoms with E-state index in [1.54, 1.807) is 0 Å². The fraction of sp³-hybridized carbons (Fsp3) is 0.394. The zero-order valence-corrected chi connectivity index (χ0v) is 24.1. The molecule has 4 rings (SSSR count). The van der Waals surface area contributed by atoms with Crippen LogP contribution in [0, 0.1) is 0 Å². The lowest BCUT2D eigenvalue weighted by Crippen LogP contribution is -2.52. The third kappa shape index (κ3) is 8.04. The lowest BCUT2D eigenvalue weighted by Gasteiger charge is -2.32. The van der Waals surface area contributed by atoms with Crippen LogP contribution in [0.3, 0.4) is 0 Å². The molecular formula is C33H39BrN2O2. The van der Waals surface area contributed by atoms with Gasteiger partial charge in [-0.3, -0.25) is 9.59 Å². The van der Waals surface area contributed by atoms with Crippen LogP contribution in [0.25, 0.3) is 0 Å². The lowest BCUT2D eigenvalue weighted by molar-refractivity contribution is -0.141. The largest absolute Gasteiger partial charge is 0.352 e. The Morgan fingerprint density at radius 1 is 0.895 bits per heavy atom. The Morgan fingerprint density at radius 2 is 1.58 bits per heavy atom. The molecule has 1 atom stereocenters. The summed E-state index contributed by atoms with van der Waals surface area (Å²) in [7, 11) is 0. The van der Waals surface area contributed by atoms with Crippen LogP contribution in [0.2, 0.25) is 0 Å². The number of carbonyl (C=O) groups excluding carboxylic acids is 2. The van der Waals surface area contributed by atoms with Gasteiger partial charge in [0.25, 0.3) is 0 Å². The SMILES string of the molecule is CC(C)c1ccc(CCC(=O)N(Cc2cccc(Br)c2)C(Cc2ccccc2)C(=O)NC2CCCC2)cc1. The summed E-state index contributed by atoms with van der Waals surface area (Å²) in [6.07, 6.45) is 5.80. The summed E-state index contributed by atoms with van der Waals surface area (Å²) < 4.78 is 0.961. The number of halogens is 1. The van der Waals surface area contributed by atoms with Gasteiger partial charge in [-0.2, -0.15) is 0 Å². The average molecular weight is 576 g/mol. The molecule has 1 unspecified atom stereocenters. The summed E-state index contributed by atoms with van der Waals surface area (Å²) in [4.78, 5) is 29.5. The molecule has 1 saturated carbocycles. The number of hydrogen-bond acceptors (Lipinski definition) is 2. The lowest BCUT2D eigenvalue weighted by atomic mass is 9.99. The van der Waals surface area contributed by atoms with Crippen molar-refractivity contribution in [3.8, 4) is 0 Å².